The first-order valence-electron chi connectivity index (χ1n) is 6.60. The van der Waals surface area contributed by atoms with Crippen molar-refractivity contribution in [2.75, 3.05) is 6.54 Å². The van der Waals surface area contributed by atoms with E-state index in [9.17, 15) is 9.59 Å². The van der Waals surface area contributed by atoms with Gasteiger partial charge in [-0.3, -0.25) is 9.59 Å². The van der Waals surface area contributed by atoms with Gasteiger partial charge in [0.2, 0.25) is 5.91 Å². The quantitative estimate of drug-likeness (QED) is 0.639. The predicted octanol–water partition coefficient (Wildman–Crippen LogP) is 1.27. The van der Waals surface area contributed by atoms with Crippen molar-refractivity contribution in [3.05, 3.63) is 0 Å². The van der Waals surface area contributed by atoms with Crippen molar-refractivity contribution < 1.29 is 14.7 Å². The number of rotatable bonds is 7. The molecule has 1 atom stereocenters. The summed E-state index contributed by atoms with van der Waals surface area (Å²) in [5.41, 5.74) is 4.83. The summed E-state index contributed by atoms with van der Waals surface area (Å²) in [4.78, 5) is 22.8. The van der Waals surface area contributed by atoms with Gasteiger partial charge in [0.25, 0.3) is 0 Å². The molecule has 0 saturated heterocycles. The molecular weight excluding hydrogens is 232 g/mol. The third-order valence-corrected chi connectivity index (χ3v) is 3.85. The van der Waals surface area contributed by atoms with Gasteiger partial charge in [-0.2, -0.15) is 0 Å². The Balaban J connectivity index is 2.48. The first kappa shape index (κ1) is 15.0. The molecule has 1 aliphatic carbocycles. The van der Waals surface area contributed by atoms with Crippen molar-refractivity contribution in [3.8, 4) is 0 Å². The van der Waals surface area contributed by atoms with Crippen LogP contribution < -0.4 is 11.1 Å². The molecule has 0 aliphatic heterocycles. The summed E-state index contributed by atoms with van der Waals surface area (Å²) in [6, 6.07) is 0. The Hall–Kier alpha value is -1.10. The van der Waals surface area contributed by atoms with E-state index in [4.69, 9.17) is 10.8 Å². The number of carboxylic acid groups (broad SMARTS) is 1. The van der Waals surface area contributed by atoms with E-state index in [1.54, 1.807) is 6.92 Å². The standard InChI is InChI=1S/C13H24N2O3/c1-3-5-12(2,14)11(18)15-9-13(6-4-7-13)8-10(16)17/h3-9,14H2,1-2H3,(H,15,18)(H,16,17). The van der Waals surface area contributed by atoms with E-state index < -0.39 is 11.5 Å². The third kappa shape index (κ3) is 3.70. The van der Waals surface area contributed by atoms with Gasteiger partial charge in [0.05, 0.1) is 12.0 Å². The Morgan fingerprint density at radius 1 is 1.44 bits per heavy atom. The summed E-state index contributed by atoms with van der Waals surface area (Å²) in [5.74, 6) is -0.978. The van der Waals surface area contributed by atoms with Crippen LogP contribution in [0.25, 0.3) is 0 Å². The van der Waals surface area contributed by atoms with E-state index in [-0.39, 0.29) is 17.7 Å². The fourth-order valence-corrected chi connectivity index (χ4v) is 2.52. The number of hydrogen-bond donors (Lipinski definition) is 3. The van der Waals surface area contributed by atoms with E-state index in [2.05, 4.69) is 5.32 Å². The lowest BCUT2D eigenvalue weighted by Crippen LogP contribution is -2.54. The topological polar surface area (TPSA) is 92.4 Å². The van der Waals surface area contributed by atoms with Crippen molar-refractivity contribution in [3.63, 3.8) is 0 Å². The summed E-state index contributed by atoms with van der Waals surface area (Å²) in [5, 5.41) is 11.7. The Bertz CT molecular complexity index is 322. The minimum absolute atomic E-state index is 0.127. The minimum atomic E-state index is -0.858. The Kier molecular flexibility index (Phi) is 4.73. The lowest BCUT2D eigenvalue weighted by Gasteiger charge is -2.41. The van der Waals surface area contributed by atoms with Gasteiger partial charge in [-0.05, 0) is 31.6 Å². The SMILES string of the molecule is CCCC(C)(N)C(=O)NCC1(CC(=O)O)CCC1. The van der Waals surface area contributed by atoms with Gasteiger partial charge in [0.1, 0.15) is 0 Å². The second-order valence-electron chi connectivity index (χ2n) is 5.77. The van der Waals surface area contributed by atoms with E-state index in [1.165, 1.54) is 0 Å². The Morgan fingerprint density at radius 3 is 2.44 bits per heavy atom. The molecule has 1 unspecified atom stereocenters. The van der Waals surface area contributed by atoms with Crippen LogP contribution in [0.4, 0.5) is 0 Å². The molecule has 4 N–H and O–H groups in total. The number of carbonyl (C=O) groups excluding carboxylic acids is 1. The van der Waals surface area contributed by atoms with Crippen molar-refractivity contribution in [1.82, 2.24) is 5.32 Å². The molecule has 18 heavy (non-hydrogen) atoms. The summed E-state index contributed by atoms with van der Waals surface area (Å²) in [7, 11) is 0. The summed E-state index contributed by atoms with van der Waals surface area (Å²) in [6.45, 7) is 4.13. The predicted molar refractivity (Wildman–Crippen MR) is 69.0 cm³/mol. The van der Waals surface area contributed by atoms with Gasteiger partial charge in [0, 0.05) is 6.54 Å². The zero-order chi connectivity index (χ0) is 13.8. The van der Waals surface area contributed by atoms with Crippen molar-refractivity contribution in [2.45, 2.75) is 57.9 Å². The van der Waals surface area contributed by atoms with Gasteiger partial charge >= 0.3 is 5.97 Å². The number of aliphatic carboxylic acids is 1. The zero-order valence-electron chi connectivity index (χ0n) is 11.3. The molecule has 0 aromatic heterocycles. The average Bonchev–Trinajstić information content (AvgIpc) is 2.20. The fraction of sp³-hybridized carbons (Fsp3) is 0.846. The molecule has 1 amide bonds. The first-order valence-corrected chi connectivity index (χ1v) is 6.60. The molecule has 0 spiro atoms. The lowest BCUT2D eigenvalue weighted by atomic mass is 9.66. The van der Waals surface area contributed by atoms with Gasteiger partial charge in [-0.25, -0.2) is 0 Å². The molecule has 0 bridgehead atoms. The van der Waals surface area contributed by atoms with Crippen LogP contribution in [0.15, 0.2) is 0 Å². The molecule has 104 valence electrons. The van der Waals surface area contributed by atoms with Crippen LogP contribution in [0.3, 0.4) is 0 Å². The van der Waals surface area contributed by atoms with Crippen LogP contribution in [0, 0.1) is 5.41 Å². The molecule has 0 aromatic rings. The molecule has 1 saturated carbocycles. The largest absolute Gasteiger partial charge is 0.481 e. The van der Waals surface area contributed by atoms with Crippen LogP contribution in [0.1, 0.15) is 52.4 Å². The van der Waals surface area contributed by atoms with Crippen molar-refractivity contribution >= 4 is 11.9 Å². The summed E-state index contributed by atoms with van der Waals surface area (Å²) < 4.78 is 0. The highest BCUT2D eigenvalue weighted by atomic mass is 16.4. The fourth-order valence-electron chi connectivity index (χ4n) is 2.52. The monoisotopic (exact) mass is 256 g/mol. The molecule has 0 aromatic carbocycles. The Labute approximate surface area is 108 Å². The maximum atomic E-state index is 11.9. The molecule has 1 aliphatic rings. The number of nitrogens with one attached hydrogen (secondary N) is 1. The molecule has 5 heteroatoms. The molecule has 5 nitrogen and oxygen atoms in total. The second kappa shape index (κ2) is 5.69. The van der Waals surface area contributed by atoms with Crippen LogP contribution >= 0.6 is 0 Å². The highest BCUT2D eigenvalue weighted by Crippen LogP contribution is 2.43. The number of carboxylic acids is 1. The minimum Gasteiger partial charge on any atom is -0.481 e. The molecule has 0 heterocycles. The van der Waals surface area contributed by atoms with E-state index in [0.29, 0.717) is 13.0 Å². The second-order valence-corrected chi connectivity index (χ2v) is 5.77. The maximum Gasteiger partial charge on any atom is 0.303 e. The molecule has 1 fully saturated rings. The van der Waals surface area contributed by atoms with Crippen molar-refractivity contribution in [1.29, 1.82) is 0 Å². The van der Waals surface area contributed by atoms with Crippen LogP contribution in [0.2, 0.25) is 0 Å². The smallest absolute Gasteiger partial charge is 0.303 e. The molecule has 1 rings (SSSR count). The normalized spacial score (nSPS) is 20.6. The van der Waals surface area contributed by atoms with Crippen LogP contribution in [0.5, 0.6) is 0 Å². The van der Waals surface area contributed by atoms with E-state index in [1.807, 2.05) is 6.92 Å². The van der Waals surface area contributed by atoms with Gasteiger partial charge in [-0.15, -0.1) is 0 Å². The summed E-state index contributed by atoms with van der Waals surface area (Å²) in [6.07, 6.45) is 4.38. The number of nitrogens with two attached hydrogens (primary N) is 1. The first-order chi connectivity index (χ1) is 8.31. The lowest BCUT2D eigenvalue weighted by molar-refractivity contribution is -0.142. The summed E-state index contributed by atoms with van der Waals surface area (Å²) >= 11 is 0. The average molecular weight is 256 g/mol. The van der Waals surface area contributed by atoms with Gasteiger partial charge in [0.15, 0.2) is 0 Å². The molecule has 0 radical (unpaired) electrons. The number of amides is 1. The highest BCUT2D eigenvalue weighted by Gasteiger charge is 2.40. The highest BCUT2D eigenvalue weighted by molar-refractivity contribution is 5.85. The van der Waals surface area contributed by atoms with E-state index in [0.717, 1.165) is 25.7 Å². The van der Waals surface area contributed by atoms with Crippen LogP contribution in [-0.4, -0.2) is 29.1 Å². The van der Waals surface area contributed by atoms with Crippen molar-refractivity contribution in [2.24, 2.45) is 11.1 Å². The third-order valence-electron chi connectivity index (χ3n) is 3.85. The number of hydrogen-bond acceptors (Lipinski definition) is 3. The van der Waals surface area contributed by atoms with Crippen LogP contribution in [-0.2, 0) is 9.59 Å². The maximum absolute atomic E-state index is 11.9. The number of carbonyl (C=O) groups is 2. The Morgan fingerprint density at radius 2 is 2.06 bits per heavy atom. The van der Waals surface area contributed by atoms with Gasteiger partial charge < -0.3 is 16.2 Å². The zero-order valence-corrected chi connectivity index (χ0v) is 11.3. The van der Waals surface area contributed by atoms with E-state index >= 15 is 0 Å². The van der Waals surface area contributed by atoms with Gasteiger partial charge in [-0.1, -0.05) is 19.8 Å². The molecular formula is C13H24N2O3.